The smallest absolute Gasteiger partial charge is 0.306 e. The van der Waals surface area contributed by atoms with Gasteiger partial charge in [-0.15, -0.1) is 0 Å². The Labute approximate surface area is 191 Å². The van der Waals surface area contributed by atoms with Crippen molar-refractivity contribution in [2.45, 2.75) is 102 Å². The Kier molecular flexibility index (Phi) is 7.32. The predicted octanol–water partition coefficient (Wildman–Crippen LogP) is 4.01. The number of hydrogen-bond donors (Lipinski definition) is 3. The molecular formula is C26H45BN3O. The summed E-state index contributed by atoms with van der Waals surface area (Å²) < 4.78 is 0. The van der Waals surface area contributed by atoms with Crippen LogP contribution in [-0.4, -0.2) is 49.0 Å². The minimum absolute atomic E-state index is 0.188. The molecule has 31 heavy (non-hydrogen) atoms. The lowest BCUT2D eigenvalue weighted by Crippen LogP contribution is -2.58. The van der Waals surface area contributed by atoms with Crippen LogP contribution in [0.15, 0.2) is 11.3 Å². The molecule has 0 aromatic carbocycles. The van der Waals surface area contributed by atoms with Gasteiger partial charge in [0.15, 0.2) is 0 Å². The number of hydrogen-bond acceptors (Lipinski definition) is 4. The van der Waals surface area contributed by atoms with Crippen LogP contribution in [0, 0.1) is 29.6 Å². The number of rotatable bonds is 5. The van der Waals surface area contributed by atoms with E-state index >= 15 is 0 Å². The molecule has 5 rings (SSSR count). The van der Waals surface area contributed by atoms with E-state index in [-0.39, 0.29) is 5.94 Å². The van der Waals surface area contributed by atoms with E-state index in [4.69, 9.17) is 5.73 Å². The molecule has 2 heterocycles. The lowest BCUT2D eigenvalue weighted by Gasteiger charge is -2.49. The van der Waals surface area contributed by atoms with Gasteiger partial charge in [0.1, 0.15) is 0 Å². The predicted molar refractivity (Wildman–Crippen MR) is 128 cm³/mol. The molecule has 0 aromatic rings. The van der Waals surface area contributed by atoms with Crippen molar-refractivity contribution in [1.82, 2.24) is 10.2 Å². The van der Waals surface area contributed by atoms with Gasteiger partial charge in [-0.1, -0.05) is 32.1 Å². The highest BCUT2D eigenvalue weighted by Crippen LogP contribution is 2.44. The van der Waals surface area contributed by atoms with Gasteiger partial charge in [-0.25, -0.2) is 0 Å². The second-order valence-corrected chi connectivity index (χ2v) is 11.5. The molecule has 3 aliphatic carbocycles. The van der Waals surface area contributed by atoms with Crippen LogP contribution in [0.3, 0.4) is 0 Å². The van der Waals surface area contributed by atoms with Gasteiger partial charge in [-0.3, -0.25) is 0 Å². The molecule has 173 valence electrons. The molecule has 1 radical (unpaired) electrons. The lowest BCUT2D eigenvalue weighted by atomic mass is 9.62. The van der Waals surface area contributed by atoms with Crippen molar-refractivity contribution >= 4 is 7.48 Å². The first-order valence-corrected chi connectivity index (χ1v) is 13.7. The van der Waals surface area contributed by atoms with Crippen LogP contribution in [0.2, 0.25) is 0 Å². The maximum absolute atomic E-state index is 10.0. The Balaban J connectivity index is 1.25. The van der Waals surface area contributed by atoms with Crippen LogP contribution in [0.1, 0.15) is 89.9 Å². The second-order valence-electron chi connectivity index (χ2n) is 11.5. The fraction of sp³-hybridized carbons (Fsp3) is 0.923. The van der Waals surface area contributed by atoms with Crippen molar-refractivity contribution in [3.05, 3.63) is 11.3 Å². The van der Waals surface area contributed by atoms with E-state index in [2.05, 4.69) is 10.2 Å². The van der Waals surface area contributed by atoms with E-state index in [1.165, 1.54) is 110 Å². The van der Waals surface area contributed by atoms with Crippen LogP contribution >= 0.6 is 0 Å². The Morgan fingerprint density at radius 1 is 0.903 bits per heavy atom. The molecule has 6 atom stereocenters. The van der Waals surface area contributed by atoms with E-state index in [9.17, 15) is 5.02 Å². The van der Waals surface area contributed by atoms with Crippen molar-refractivity contribution in [2.75, 3.05) is 19.6 Å². The van der Waals surface area contributed by atoms with Gasteiger partial charge < -0.3 is 21.0 Å². The van der Waals surface area contributed by atoms with Crippen LogP contribution < -0.4 is 11.1 Å². The van der Waals surface area contributed by atoms with E-state index in [1.807, 2.05) is 0 Å². The van der Waals surface area contributed by atoms with Crippen LogP contribution in [0.5, 0.6) is 0 Å². The summed E-state index contributed by atoms with van der Waals surface area (Å²) >= 11 is 0. The Morgan fingerprint density at radius 3 is 2.39 bits per heavy atom. The number of nitrogens with zero attached hydrogens (tertiary/aromatic N) is 1. The molecule has 6 unspecified atom stereocenters. The summed E-state index contributed by atoms with van der Waals surface area (Å²) in [5.41, 5.74) is 9.40. The number of nitrogens with one attached hydrogen (secondary N) is 1. The normalized spacial score (nSPS) is 39.5. The van der Waals surface area contributed by atoms with Crippen molar-refractivity contribution in [2.24, 2.45) is 35.3 Å². The topological polar surface area (TPSA) is 61.5 Å². The summed E-state index contributed by atoms with van der Waals surface area (Å²) in [4.78, 5) is 2.78. The molecule has 3 saturated carbocycles. The fourth-order valence-electron chi connectivity index (χ4n) is 7.96. The van der Waals surface area contributed by atoms with Gasteiger partial charge >= 0.3 is 7.48 Å². The van der Waals surface area contributed by atoms with Gasteiger partial charge in [-0.2, -0.15) is 0 Å². The molecule has 0 amide bonds. The summed E-state index contributed by atoms with van der Waals surface area (Å²) in [5, 5.41) is 14.0. The van der Waals surface area contributed by atoms with Crippen molar-refractivity contribution in [1.29, 1.82) is 0 Å². The Morgan fingerprint density at radius 2 is 1.68 bits per heavy atom. The number of piperidine rings is 2. The SMILES string of the molecule is NCC1CCCC(C2CCN(C(=C3CCC3)C3CC4CCCCC4C([B]O)N3)CC2)C1. The van der Waals surface area contributed by atoms with Gasteiger partial charge in [0, 0.05) is 30.8 Å². The molecule has 5 aliphatic rings. The quantitative estimate of drug-likeness (QED) is 0.582. The molecule has 0 spiro atoms. The molecule has 0 aromatic heterocycles. The average Bonchev–Trinajstić information content (AvgIpc) is 2.80. The zero-order valence-electron chi connectivity index (χ0n) is 19.6. The highest BCUT2D eigenvalue weighted by molar-refractivity contribution is 6.28. The molecule has 0 bridgehead atoms. The largest absolute Gasteiger partial charge is 0.453 e. The van der Waals surface area contributed by atoms with Gasteiger partial charge in [0.05, 0.1) is 0 Å². The highest BCUT2D eigenvalue weighted by atomic mass is 16.2. The van der Waals surface area contributed by atoms with Crippen LogP contribution in [-0.2, 0) is 0 Å². The number of allylic oxidation sites excluding steroid dienone is 1. The maximum Gasteiger partial charge on any atom is 0.306 e. The average molecular weight is 426 g/mol. The number of likely N-dealkylation sites (tertiary alicyclic amines) is 1. The summed E-state index contributed by atoms with van der Waals surface area (Å²) in [6.07, 6.45) is 19.0. The van der Waals surface area contributed by atoms with Gasteiger partial charge in [0.2, 0.25) is 0 Å². The minimum Gasteiger partial charge on any atom is -0.453 e. The fourth-order valence-corrected chi connectivity index (χ4v) is 7.96. The van der Waals surface area contributed by atoms with Crippen LogP contribution in [0.25, 0.3) is 0 Å². The van der Waals surface area contributed by atoms with Crippen LogP contribution in [0.4, 0.5) is 0 Å². The van der Waals surface area contributed by atoms with E-state index < -0.39 is 0 Å². The molecule has 5 fully saturated rings. The van der Waals surface area contributed by atoms with Crippen molar-refractivity contribution < 1.29 is 5.02 Å². The van der Waals surface area contributed by atoms with Crippen molar-refractivity contribution in [3.8, 4) is 0 Å². The minimum atomic E-state index is 0.188. The number of nitrogens with two attached hydrogens (primary N) is 1. The third kappa shape index (κ3) is 4.75. The molecule has 2 aliphatic heterocycles. The zero-order chi connectivity index (χ0) is 21.2. The standard InChI is InChI=1S/C26H45BN3O/c28-17-18-5-3-9-21(15-18)19-11-13-30(14-12-19)25(20-7-4-8-20)24-16-22-6-1-2-10-23(22)26(27-31)29-24/h18-19,21-24,26,29,31H,1-17,28H2. The molecular weight excluding hydrogens is 381 g/mol. The molecule has 2 saturated heterocycles. The van der Waals surface area contributed by atoms with E-state index in [0.717, 1.165) is 30.2 Å². The first-order chi connectivity index (χ1) is 15.3. The third-order valence-corrected chi connectivity index (χ3v) is 9.87. The molecule has 5 heteroatoms. The first kappa shape index (κ1) is 22.3. The Hall–Kier alpha value is -0.515. The van der Waals surface area contributed by atoms with E-state index in [1.54, 1.807) is 11.3 Å². The van der Waals surface area contributed by atoms with Gasteiger partial charge in [-0.05, 0) is 99.5 Å². The summed E-state index contributed by atoms with van der Waals surface area (Å²) in [7, 11) is 1.49. The molecule has 4 N–H and O–H groups in total. The summed E-state index contributed by atoms with van der Waals surface area (Å²) in [6, 6.07) is 0.455. The lowest BCUT2D eigenvalue weighted by molar-refractivity contribution is 0.102. The first-order valence-electron chi connectivity index (χ1n) is 13.7. The summed E-state index contributed by atoms with van der Waals surface area (Å²) in [5.74, 6) is 4.25. The number of fused-ring (bicyclic) bond motifs is 1. The second kappa shape index (κ2) is 10.2. The van der Waals surface area contributed by atoms with Gasteiger partial charge in [0.25, 0.3) is 0 Å². The monoisotopic (exact) mass is 426 g/mol. The zero-order valence-corrected chi connectivity index (χ0v) is 19.6. The Bertz CT molecular complexity index is 618. The van der Waals surface area contributed by atoms with Crippen molar-refractivity contribution in [3.63, 3.8) is 0 Å². The summed E-state index contributed by atoms with van der Waals surface area (Å²) in [6.45, 7) is 3.38. The third-order valence-electron chi connectivity index (χ3n) is 9.87. The highest BCUT2D eigenvalue weighted by Gasteiger charge is 2.42. The van der Waals surface area contributed by atoms with E-state index in [0.29, 0.717) is 12.0 Å². The maximum atomic E-state index is 10.0. The molecule has 4 nitrogen and oxygen atoms in total.